The number of piperidine rings is 1. The zero-order valence-electron chi connectivity index (χ0n) is 15.1. The zero-order chi connectivity index (χ0) is 18.6. The minimum Gasteiger partial charge on any atom is -0.497 e. The fraction of sp³-hybridized carbons (Fsp3) is 0.368. The number of aromatic nitrogens is 3. The molecule has 1 fully saturated rings. The van der Waals surface area contributed by atoms with E-state index in [9.17, 15) is 4.79 Å². The van der Waals surface area contributed by atoms with Gasteiger partial charge in [0.1, 0.15) is 17.0 Å². The minimum absolute atomic E-state index is 0.0607. The topological polar surface area (TPSA) is 93.4 Å². The number of nitrogens with zero attached hydrogens (tertiary/aromatic N) is 4. The molecule has 0 aliphatic carbocycles. The van der Waals surface area contributed by atoms with Gasteiger partial charge in [-0.25, -0.2) is 9.97 Å². The van der Waals surface area contributed by atoms with E-state index in [1.807, 2.05) is 23.1 Å². The van der Waals surface area contributed by atoms with Crippen LogP contribution in [-0.4, -0.2) is 52.0 Å². The lowest BCUT2D eigenvalue weighted by atomic mass is 10.0. The molecule has 1 aromatic carbocycles. The largest absolute Gasteiger partial charge is 0.497 e. The quantitative estimate of drug-likeness (QED) is 0.737. The van der Waals surface area contributed by atoms with Gasteiger partial charge in [0, 0.05) is 37.6 Å². The monoisotopic (exact) mass is 367 g/mol. The van der Waals surface area contributed by atoms with E-state index in [1.165, 1.54) is 12.4 Å². The number of methoxy groups -OCH3 is 1. The standard InChI is InChI=1S/C19H21N5O3/c1-26-14-2-3-17-15(10-14)23-18(27-17)12-22-13-4-8-24(9-5-13)19(25)16-11-20-6-7-21-16/h2-3,6-7,10-11,13,22H,4-5,8-9,12H2,1H3. The third-order valence-corrected chi connectivity index (χ3v) is 4.75. The summed E-state index contributed by atoms with van der Waals surface area (Å²) in [4.78, 5) is 26.8. The van der Waals surface area contributed by atoms with E-state index in [0.717, 1.165) is 29.7 Å². The van der Waals surface area contributed by atoms with Crippen molar-refractivity contribution < 1.29 is 13.9 Å². The molecule has 0 atom stereocenters. The van der Waals surface area contributed by atoms with Crippen molar-refractivity contribution in [2.24, 2.45) is 0 Å². The molecule has 2 aromatic heterocycles. The van der Waals surface area contributed by atoms with Gasteiger partial charge in [0.25, 0.3) is 5.91 Å². The summed E-state index contributed by atoms with van der Waals surface area (Å²) in [5.41, 5.74) is 1.93. The molecule has 8 heteroatoms. The number of fused-ring (bicyclic) bond motifs is 1. The lowest BCUT2D eigenvalue weighted by molar-refractivity contribution is 0.0697. The molecular formula is C19H21N5O3. The fourth-order valence-corrected chi connectivity index (χ4v) is 3.25. The molecule has 0 unspecified atom stereocenters. The number of hydrogen-bond acceptors (Lipinski definition) is 7. The van der Waals surface area contributed by atoms with E-state index >= 15 is 0 Å². The van der Waals surface area contributed by atoms with Gasteiger partial charge in [-0.2, -0.15) is 0 Å². The molecule has 0 radical (unpaired) electrons. The van der Waals surface area contributed by atoms with Crippen molar-refractivity contribution in [3.8, 4) is 5.75 Å². The summed E-state index contributed by atoms with van der Waals surface area (Å²) in [5.74, 6) is 1.35. The first-order valence-electron chi connectivity index (χ1n) is 8.95. The molecule has 0 bridgehead atoms. The van der Waals surface area contributed by atoms with Crippen molar-refractivity contribution in [2.45, 2.75) is 25.4 Å². The van der Waals surface area contributed by atoms with Crippen LogP contribution in [0.2, 0.25) is 0 Å². The highest BCUT2D eigenvalue weighted by Crippen LogP contribution is 2.21. The summed E-state index contributed by atoms with van der Waals surface area (Å²) in [7, 11) is 1.63. The van der Waals surface area contributed by atoms with Crippen molar-refractivity contribution in [2.75, 3.05) is 20.2 Å². The Bertz CT molecular complexity index is 919. The van der Waals surface area contributed by atoms with E-state index in [4.69, 9.17) is 9.15 Å². The molecule has 27 heavy (non-hydrogen) atoms. The number of benzene rings is 1. The Morgan fingerprint density at radius 2 is 2.19 bits per heavy atom. The average molecular weight is 367 g/mol. The number of oxazole rings is 1. The second kappa shape index (κ2) is 7.71. The van der Waals surface area contributed by atoms with E-state index in [-0.39, 0.29) is 5.91 Å². The Hall–Kier alpha value is -3.00. The molecule has 1 aliphatic heterocycles. The van der Waals surface area contributed by atoms with E-state index in [0.29, 0.717) is 37.3 Å². The van der Waals surface area contributed by atoms with Gasteiger partial charge >= 0.3 is 0 Å². The van der Waals surface area contributed by atoms with Crippen LogP contribution < -0.4 is 10.1 Å². The number of ether oxygens (including phenoxy) is 1. The Morgan fingerprint density at radius 3 is 2.93 bits per heavy atom. The molecular weight excluding hydrogens is 346 g/mol. The maximum Gasteiger partial charge on any atom is 0.274 e. The predicted octanol–water partition coefficient (Wildman–Crippen LogP) is 2.02. The van der Waals surface area contributed by atoms with Crippen molar-refractivity contribution in [3.63, 3.8) is 0 Å². The van der Waals surface area contributed by atoms with E-state index in [2.05, 4.69) is 20.3 Å². The number of rotatable bonds is 5. The van der Waals surface area contributed by atoms with Crippen molar-refractivity contribution in [3.05, 3.63) is 48.4 Å². The summed E-state index contributed by atoms with van der Waals surface area (Å²) in [5, 5.41) is 3.47. The fourth-order valence-electron chi connectivity index (χ4n) is 3.25. The number of carbonyl (C=O) groups excluding carboxylic acids is 1. The molecule has 8 nitrogen and oxygen atoms in total. The minimum atomic E-state index is -0.0607. The second-order valence-corrected chi connectivity index (χ2v) is 6.48. The number of nitrogens with one attached hydrogen (secondary N) is 1. The molecule has 0 saturated carbocycles. The van der Waals surface area contributed by atoms with Crippen LogP contribution in [0.3, 0.4) is 0 Å². The number of carbonyl (C=O) groups is 1. The molecule has 0 spiro atoms. The lowest BCUT2D eigenvalue weighted by Crippen LogP contribution is -2.45. The van der Waals surface area contributed by atoms with Gasteiger partial charge in [-0.3, -0.25) is 9.78 Å². The Kier molecular flexibility index (Phi) is 4.97. The Labute approximate surface area is 156 Å². The molecule has 3 heterocycles. The van der Waals surface area contributed by atoms with Crippen LogP contribution in [0.4, 0.5) is 0 Å². The van der Waals surface area contributed by atoms with Crippen LogP contribution in [0.15, 0.2) is 41.2 Å². The third kappa shape index (κ3) is 3.90. The summed E-state index contributed by atoms with van der Waals surface area (Å²) in [6.45, 7) is 1.94. The lowest BCUT2D eigenvalue weighted by Gasteiger charge is -2.32. The molecule has 1 saturated heterocycles. The maximum absolute atomic E-state index is 12.4. The predicted molar refractivity (Wildman–Crippen MR) is 98.4 cm³/mol. The van der Waals surface area contributed by atoms with E-state index < -0.39 is 0 Å². The summed E-state index contributed by atoms with van der Waals surface area (Å²) in [6.07, 6.45) is 6.36. The van der Waals surface area contributed by atoms with Crippen molar-refractivity contribution in [1.29, 1.82) is 0 Å². The maximum atomic E-state index is 12.4. The van der Waals surface area contributed by atoms with Gasteiger partial charge in [0.2, 0.25) is 5.89 Å². The van der Waals surface area contributed by atoms with Gasteiger partial charge < -0.3 is 19.4 Å². The SMILES string of the molecule is COc1ccc2oc(CNC3CCN(C(=O)c4cnccn4)CC3)nc2c1. The summed E-state index contributed by atoms with van der Waals surface area (Å²) in [6, 6.07) is 5.90. The Morgan fingerprint density at radius 1 is 1.33 bits per heavy atom. The molecule has 4 rings (SSSR count). The van der Waals surface area contributed by atoms with Crippen LogP contribution in [0, 0.1) is 0 Å². The second-order valence-electron chi connectivity index (χ2n) is 6.48. The highest BCUT2D eigenvalue weighted by Gasteiger charge is 2.24. The number of amides is 1. The van der Waals surface area contributed by atoms with Gasteiger partial charge in [0.05, 0.1) is 19.9 Å². The first-order valence-corrected chi connectivity index (χ1v) is 8.95. The zero-order valence-corrected chi connectivity index (χ0v) is 15.1. The van der Waals surface area contributed by atoms with Crippen LogP contribution >= 0.6 is 0 Å². The smallest absolute Gasteiger partial charge is 0.274 e. The third-order valence-electron chi connectivity index (χ3n) is 4.75. The molecule has 3 aromatic rings. The van der Waals surface area contributed by atoms with Crippen LogP contribution in [0.25, 0.3) is 11.1 Å². The van der Waals surface area contributed by atoms with Crippen LogP contribution in [0.1, 0.15) is 29.2 Å². The van der Waals surface area contributed by atoms with Gasteiger partial charge in [0.15, 0.2) is 5.58 Å². The molecule has 140 valence electrons. The van der Waals surface area contributed by atoms with Crippen LogP contribution in [-0.2, 0) is 6.54 Å². The summed E-state index contributed by atoms with van der Waals surface area (Å²) >= 11 is 0. The molecule has 1 amide bonds. The molecule has 1 N–H and O–H groups in total. The normalized spacial score (nSPS) is 15.2. The van der Waals surface area contributed by atoms with Gasteiger partial charge in [-0.05, 0) is 25.0 Å². The van der Waals surface area contributed by atoms with Gasteiger partial charge in [-0.15, -0.1) is 0 Å². The van der Waals surface area contributed by atoms with E-state index in [1.54, 1.807) is 13.3 Å². The highest BCUT2D eigenvalue weighted by molar-refractivity contribution is 5.92. The van der Waals surface area contributed by atoms with Crippen LogP contribution in [0.5, 0.6) is 5.75 Å². The number of hydrogen-bond donors (Lipinski definition) is 1. The molecule has 1 aliphatic rings. The first kappa shape index (κ1) is 17.4. The van der Waals surface area contributed by atoms with Crippen molar-refractivity contribution >= 4 is 17.0 Å². The van der Waals surface area contributed by atoms with Crippen molar-refractivity contribution in [1.82, 2.24) is 25.2 Å². The summed E-state index contributed by atoms with van der Waals surface area (Å²) < 4.78 is 11.0. The highest BCUT2D eigenvalue weighted by atomic mass is 16.5. The number of likely N-dealkylation sites (tertiary alicyclic amines) is 1. The van der Waals surface area contributed by atoms with Gasteiger partial charge in [-0.1, -0.05) is 0 Å². The first-order chi connectivity index (χ1) is 13.2. The Balaban J connectivity index is 1.30. The average Bonchev–Trinajstić information content (AvgIpc) is 3.14.